The van der Waals surface area contributed by atoms with Crippen LogP contribution in [-0.2, 0) is 11.5 Å². The molecule has 7 heteroatoms. The largest absolute Gasteiger partial charge is 0.434 e. The van der Waals surface area contributed by atoms with Gasteiger partial charge in [0.25, 0.3) is 0 Å². The summed E-state index contributed by atoms with van der Waals surface area (Å²) in [6.45, 7) is 0. The molecule has 13 heavy (non-hydrogen) atoms. The van der Waals surface area contributed by atoms with Crippen LogP contribution >= 0.6 is 15.9 Å². The standard InChI is InChI=1S/C6H5BrF3N3/c7-1-3-5(11)13-4(2-12-3)6(8,9)10/h2H,1H2,(H2,11,13). The first-order valence-corrected chi connectivity index (χ1v) is 4.32. The predicted molar refractivity (Wildman–Crippen MR) is 44.1 cm³/mol. The van der Waals surface area contributed by atoms with Crippen LogP contribution in [0.25, 0.3) is 0 Å². The second-order valence-corrected chi connectivity index (χ2v) is 2.78. The third-order valence-electron chi connectivity index (χ3n) is 1.30. The maximum atomic E-state index is 12.0. The normalized spacial score (nSPS) is 11.7. The molecule has 0 atom stereocenters. The van der Waals surface area contributed by atoms with Crippen molar-refractivity contribution in [2.24, 2.45) is 0 Å². The molecule has 0 aliphatic heterocycles. The van der Waals surface area contributed by atoms with E-state index < -0.39 is 11.9 Å². The molecule has 0 fully saturated rings. The van der Waals surface area contributed by atoms with Gasteiger partial charge in [0.15, 0.2) is 5.69 Å². The van der Waals surface area contributed by atoms with Crippen molar-refractivity contribution in [2.45, 2.75) is 11.5 Å². The van der Waals surface area contributed by atoms with Crippen molar-refractivity contribution in [3.63, 3.8) is 0 Å². The SMILES string of the molecule is Nc1nc(C(F)(F)F)cnc1CBr. The first kappa shape index (κ1) is 10.2. The predicted octanol–water partition coefficient (Wildman–Crippen LogP) is 1.97. The van der Waals surface area contributed by atoms with Crippen LogP contribution in [0.5, 0.6) is 0 Å². The summed E-state index contributed by atoms with van der Waals surface area (Å²) in [4.78, 5) is 6.68. The fourth-order valence-corrected chi connectivity index (χ4v) is 1.10. The summed E-state index contributed by atoms with van der Waals surface area (Å²) < 4.78 is 36.1. The molecule has 72 valence electrons. The van der Waals surface area contributed by atoms with Crippen LogP contribution in [0.3, 0.4) is 0 Å². The minimum Gasteiger partial charge on any atom is -0.382 e. The summed E-state index contributed by atoms with van der Waals surface area (Å²) in [7, 11) is 0. The topological polar surface area (TPSA) is 51.8 Å². The first-order valence-electron chi connectivity index (χ1n) is 3.19. The van der Waals surface area contributed by atoms with Gasteiger partial charge in [-0.3, -0.25) is 4.98 Å². The minimum absolute atomic E-state index is 0.202. The zero-order valence-electron chi connectivity index (χ0n) is 6.27. The highest BCUT2D eigenvalue weighted by Gasteiger charge is 2.33. The van der Waals surface area contributed by atoms with Crippen LogP contribution in [0.1, 0.15) is 11.4 Å². The van der Waals surface area contributed by atoms with Gasteiger partial charge in [0.05, 0.1) is 11.9 Å². The molecule has 0 saturated heterocycles. The summed E-state index contributed by atoms with van der Waals surface area (Å²) in [5.74, 6) is -0.202. The van der Waals surface area contributed by atoms with Crippen molar-refractivity contribution in [3.05, 3.63) is 17.6 Å². The fraction of sp³-hybridized carbons (Fsp3) is 0.333. The Balaban J connectivity index is 3.10. The lowest BCUT2D eigenvalue weighted by molar-refractivity contribution is -0.141. The highest BCUT2D eigenvalue weighted by atomic mass is 79.9. The van der Waals surface area contributed by atoms with Gasteiger partial charge in [0.2, 0.25) is 0 Å². The molecule has 1 aromatic rings. The van der Waals surface area contributed by atoms with Gasteiger partial charge >= 0.3 is 6.18 Å². The van der Waals surface area contributed by atoms with E-state index in [1.165, 1.54) is 0 Å². The molecule has 0 bridgehead atoms. The van der Waals surface area contributed by atoms with Crippen molar-refractivity contribution in [2.75, 3.05) is 5.73 Å². The third kappa shape index (κ3) is 2.30. The Labute approximate surface area is 80.3 Å². The van der Waals surface area contributed by atoms with Gasteiger partial charge in [0, 0.05) is 5.33 Å². The van der Waals surface area contributed by atoms with E-state index in [0.717, 1.165) is 0 Å². The number of halogens is 4. The molecule has 0 unspecified atom stereocenters. The number of alkyl halides is 4. The van der Waals surface area contributed by atoms with Crippen LogP contribution in [-0.4, -0.2) is 9.97 Å². The molecular weight excluding hydrogens is 251 g/mol. The van der Waals surface area contributed by atoms with Crippen molar-refractivity contribution in [3.8, 4) is 0 Å². The number of nitrogens with zero attached hydrogens (tertiary/aromatic N) is 2. The molecule has 1 rings (SSSR count). The third-order valence-corrected chi connectivity index (χ3v) is 1.83. The van der Waals surface area contributed by atoms with Crippen LogP contribution < -0.4 is 5.73 Å². The lowest BCUT2D eigenvalue weighted by Gasteiger charge is -2.06. The molecule has 0 amide bonds. The maximum absolute atomic E-state index is 12.0. The van der Waals surface area contributed by atoms with Crippen LogP contribution in [0.15, 0.2) is 6.20 Å². The Bertz CT molecular complexity index is 312. The van der Waals surface area contributed by atoms with E-state index in [1.54, 1.807) is 0 Å². The van der Waals surface area contributed by atoms with Gasteiger partial charge in [-0.05, 0) is 0 Å². The fourth-order valence-electron chi connectivity index (χ4n) is 0.668. The Morgan fingerprint density at radius 1 is 1.46 bits per heavy atom. The molecule has 0 spiro atoms. The highest BCUT2D eigenvalue weighted by Crippen LogP contribution is 2.28. The molecule has 3 nitrogen and oxygen atoms in total. The molecule has 0 aliphatic rings. The first-order chi connectivity index (χ1) is 5.95. The molecule has 0 radical (unpaired) electrons. The Kier molecular flexibility index (Phi) is 2.74. The monoisotopic (exact) mass is 255 g/mol. The quantitative estimate of drug-likeness (QED) is 0.781. The van der Waals surface area contributed by atoms with E-state index in [2.05, 4.69) is 25.9 Å². The summed E-state index contributed by atoms with van der Waals surface area (Å²) >= 11 is 3.02. The van der Waals surface area contributed by atoms with Crippen LogP contribution in [0.4, 0.5) is 19.0 Å². The average Bonchev–Trinajstić information content (AvgIpc) is 2.02. The molecule has 0 aliphatic carbocycles. The summed E-state index contributed by atoms with van der Waals surface area (Å²) in [6.07, 6.45) is -3.83. The van der Waals surface area contributed by atoms with Crippen molar-refractivity contribution < 1.29 is 13.2 Å². The summed E-state index contributed by atoms with van der Waals surface area (Å²) in [5, 5.41) is 0.282. The maximum Gasteiger partial charge on any atom is 0.434 e. The number of nitrogens with two attached hydrogens (primary N) is 1. The molecule has 1 heterocycles. The van der Waals surface area contributed by atoms with E-state index in [4.69, 9.17) is 5.73 Å². The number of aromatic nitrogens is 2. The van der Waals surface area contributed by atoms with E-state index >= 15 is 0 Å². The van der Waals surface area contributed by atoms with Crippen LogP contribution in [0, 0.1) is 0 Å². The van der Waals surface area contributed by atoms with Gasteiger partial charge in [-0.15, -0.1) is 0 Å². The second kappa shape index (κ2) is 3.49. The smallest absolute Gasteiger partial charge is 0.382 e. The van der Waals surface area contributed by atoms with Crippen molar-refractivity contribution in [1.82, 2.24) is 9.97 Å². The van der Waals surface area contributed by atoms with Crippen LogP contribution in [0.2, 0.25) is 0 Å². The van der Waals surface area contributed by atoms with Crippen molar-refractivity contribution in [1.29, 1.82) is 0 Å². The minimum atomic E-state index is -4.49. The molecule has 0 saturated carbocycles. The number of rotatable bonds is 1. The molecule has 2 N–H and O–H groups in total. The Hall–Kier alpha value is -0.850. The molecule has 1 aromatic heterocycles. The second-order valence-electron chi connectivity index (χ2n) is 2.22. The lowest BCUT2D eigenvalue weighted by Crippen LogP contribution is -2.11. The number of nitrogen functional groups attached to an aromatic ring is 1. The Morgan fingerprint density at radius 3 is 2.46 bits per heavy atom. The zero-order chi connectivity index (χ0) is 10.1. The highest BCUT2D eigenvalue weighted by molar-refractivity contribution is 9.08. The summed E-state index contributed by atoms with van der Waals surface area (Å²) in [6, 6.07) is 0. The molecular formula is C6H5BrF3N3. The van der Waals surface area contributed by atoms with E-state index in [9.17, 15) is 13.2 Å². The number of hydrogen-bond donors (Lipinski definition) is 1. The van der Waals surface area contributed by atoms with Crippen molar-refractivity contribution >= 4 is 21.7 Å². The van der Waals surface area contributed by atoms with Gasteiger partial charge < -0.3 is 5.73 Å². The van der Waals surface area contributed by atoms with Gasteiger partial charge in [-0.2, -0.15) is 13.2 Å². The molecule has 0 aromatic carbocycles. The lowest BCUT2D eigenvalue weighted by atomic mass is 10.4. The number of hydrogen-bond acceptors (Lipinski definition) is 3. The van der Waals surface area contributed by atoms with Gasteiger partial charge in [-0.25, -0.2) is 4.98 Å². The number of anilines is 1. The Morgan fingerprint density at radius 2 is 2.08 bits per heavy atom. The van der Waals surface area contributed by atoms with Gasteiger partial charge in [-0.1, -0.05) is 15.9 Å². The van der Waals surface area contributed by atoms with Gasteiger partial charge in [0.1, 0.15) is 5.82 Å². The van der Waals surface area contributed by atoms with E-state index in [1.807, 2.05) is 0 Å². The zero-order valence-corrected chi connectivity index (χ0v) is 7.85. The average molecular weight is 256 g/mol. The summed E-state index contributed by atoms with van der Waals surface area (Å²) in [5.41, 5.74) is 4.45. The van der Waals surface area contributed by atoms with E-state index in [0.29, 0.717) is 11.9 Å². The van der Waals surface area contributed by atoms with E-state index in [-0.39, 0.29) is 11.1 Å².